The van der Waals surface area contributed by atoms with Crippen LogP contribution in [0.1, 0.15) is 17.5 Å². The van der Waals surface area contributed by atoms with Gasteiger partial charge in [-0.3, -0.25) is 4.90 Å². The SMILES string of the molecule is FC(F)(F)c1ccc(N2CCCN(Cc3cc(Cl)c4c(c3)OCCO4)CC2)nc1. The summed E-state index contributed by atoms with van der Waals surface area (Å²) in [6, 6.07) is 6.39. The quantitative estimate of drug-likeness (QED) is 0.732. The first-order chi connectivity index (χ1) is 13.9. The normalized spacial score (nSPS) is 17.9. The molecule has 0 atom stereocenters. The van der Waals surface area contributed by atoms with Gasteiger partial charge in [0.1, 0.15) is 19.0 Å². The fourth-order valence-electron chi connectivity index (χ4n) is 3.61. The van der Waals surface area contributed by atoms with Crippen molar-refractivity contribution in [3.8, 4) is 11.5 Å². The highest BCUT2D eigenvalue weighted by atomic mass is 35.5. The Balaban J connectivity index is 1.40. The molecule has 1 saturated heterocycles. The van der Waals surface area contributed by atoms with E-state index in [-0.39, 0.29) is 0 Å². The molecular formula is C20H21ClF3N3O2. The highest BCUT2D eigenvalue weighted by molar-refractivity contribution is 6.32. The number of rotatable bonds is 3. The second kappa shape index (κ2) is 8.28. The van der Waals surface area contributed by atoms with Crippen molar-refractivity contribution in [2.75, 3.05) is 44.3 Å². The number of hydrogen-bond acceptors (Lipinski definition) is 5. The van der Waals surface area contributed by atoms with Gasteiger partial charge >= 0.3 is 6.18 Å². The zero-order chi connectivity index (χ0) is 20.4. The number of halogens is 4. The highest BCUT2D eigenvalue weighted by Crippen LogP contribution is 2.38. The summed E-state index contributed by atoms with van der Waals surface area (Å²) >= 11 is 6.33. The molecule has 5 nitrogen and oxygen atoms in total. The highest BCUT2D eigenvalue weighted by Gasteiger charge is 2.31. The predicted octanol–water partition coefficient (Wildman–Crippen LogP) is 4.24. The lowest BCUT2D eigenvalue weighted by molar-refractivity contribution is -0.137. The van der Waals surface area contributed by atoms with Crippen LogP contribution in [-0.4, -0.2) is 49.3 Å². The standard InChI is InChI=1S/C20H21ClF3N3O2/c21-16-10-14(11-17-19(16)29-9-8-28-17)13-26-4-1-5-27(7-6-26)18-3-2-15(12-25-18)20(22,23)24/h2-3,10-12H,1,4-9,13H2. The molecule has 0 saturated carbocycles. The molecule has 3 heterocycles. The Bertz CT molecular complexity index is 861. The molecule has 2 aliphatic heterocycles. The second-order valence-electron chi connectivity index (χ2n) is 7.12. The van der Waals surface area contributed by atoms with Crippen molar-refractivity contribution in [3.05, 3.63) is 46.6 Å². The third kappa shape index (κ3) is 4.70. The summed E-state index contributed by atoms with van der Waals surface area (Å²) in [6.45, 7) is 4.80. The predicted molar refractivity (Wildman–Crippen MR) is 104 cm³/mol. The van der Waals surface area contributed by atoms with Gasteiger partial charge in [0.25, 0.3) is 0 Å². The molecule has 0 spiro atoms. The molecule has 0 amide bonds. The Labute approximate surface area is 172 Å². The van der Waals surface area contributed by atoms with Gasteiger partial charge in [0.05, 0.1) is 10.6 Å². The van der Waals surface area contributed by atoms with Gasteiger partial charge < -0.3 is 14.4 Å². The number of alkyl halides is 3. The lowest BCUT2D eigenvalue weighted by Gasteiger charge is -2.24. The van der Waals surface area contributed by atoms with Crippen LogP contribution in [0.4, 0.5) is 19.0 Å². The monoisotopic (exact) mass is 427 g/mol. The van der Waals surface area contributed by atoms with Crippen molar-refractivity contribution in [1.82, 2.24) is 9.88 Å². The van der Waals surface area contributed by atoms with E-state index in [0.717, 1.165) is 43.9 Å². The molecule has 0 aliphatic carbocycles. The third-order valence-corrected chi connectivity index (χ3v) is 5.33. The van der Waals surface area contributed by atoms with Crippen LogP contribution < -0.4 is 14.4 Å². The molecule has 0 bridgehead atoms. The van der Waals surface area contributed by atoms with Gasteiger partial charge in [-0.05, 0) is 36.2 Å². The minimum atomic E-state index is -4.37. The second-order valence-corrected chi connectivity index (χ2v) is 7.53. The van der Waals surface area contributed by atoms with Gasteiger partial charge in [0.2, 0.25) is 0 Å². The van der Waals surface area contributed by atoms with Crippen molar-refractivity contribution in [1.29, 1.82) is 0 Å². The number of fused-ring (bicyclic) bond motifs is 1. The number of ether oxygens (including phenoxy) is 2. The van der Waals surface area contributed by atoms with Gasteiger partial charge in [0.15, 0.2) is 11.5 Å². The van der Waals surface area contributed by atoms with E-state index >= 15 is 0 Å². The molecule has 156 valence electrons. The summed E-state index contributed by atoms with van der Waals surface area (Å²) in [5.74, 6) is 1.84. The Kier molecular flexibility index (Phi) is 5.74. The summed E-state index contributed by atoms with van der Waals surface area (Å²) in [7, 11) is 0. The average Bonchev–Trinajstić information content (AvgIpc) is 2.93. The molecule has 2 aromatic rings. The maximum Gasteiger partial charge on any atom is 0.417 e. The molecule has 4 rings (SSSR count). The number of aromatic nitrogens is 1. The van der Waals surface area contributed by atoms with Crippen LogP contribution in [0.3, 0.4) is 0 Å². The smallest absolute Gasteiger partial charge is 0.417 e. The van der Waals surface area contributed by atoms with E-state index in [2.05, 4.69) is 9.88 Å². The van der Waals surface area contributed by atoms with Crippen LogP contribution in [0.15, 0.2) is 30.5 Å². The van der Waals surface area contributed by atoms with E-state index in [1.807, 2.05) is 17.0 Å². The molecule has 2 aliphatic rings. The molecular weight excluding hydrogens is 407 g/mol. The van der Waals surface area contributed by atoms with Gasteiger partial charge in [-0.15, -0.1) is 0 Å². The number of benzene rings is 1. The van der Waals surface area contributed by atoms with Crippen LogP contribution in [0.25, 0.3) is 0 Å². The summed E-state index contributed by atoms with van der Waals surface area (Å²) in [4.78, 5) is 8.34. The fraction of sp³-hybridized carbons (Fsp3) is 0.450. The Hall–Kier alpha value is -2.19. The molecule has 1 aromatic heterocycles. The molecule has 1 aromatic carbocycles. The van der Waals surface area contributed by atoms with Gasteiger partial charge in [-0.2, -0.15) is 13.2 Å². The molecule has 9 heteroatoms. The van der Waals surface area contributed by atoms with Crippen LogP contribution in [0, 0.1) is 0 Å². The number of pyridine rings is 1. The van der Waals surface area contributed by atoms with Crippen LogP contribution in [0.5, 0.6) is 11.5 Å². The van der Waals surface area contributed by atoms with Crippen molar-refractivity contribution >= 4 is 17.4 Å². The molecule has 0 radical (unpaired) electrons. The lowest BCUT2D eigenvalue weighted by atomic mass is 10.1. The largest absolute Gasteiger partial charge is 0.486 e. The van der Waals surface area contributed by atoms with Crippen LogP contribution in [0.2, 0.25) is 5.02 Å². The first-order valence-corrected chi connectivity index (χ1v) is 9.86. The zero-order valence-corrected chi connectivity index (χ0v) is 16.5. The topological polar surface area (TPSA) is 37.8 Å². The van der Waals surface area contributed by atoms with Crippen molar-refractivity contribution < 1.29 is 22.6 Å². The van der Waals surface area contributed by atoms with E-state index in [9.17, 15) is 13.2 Å². The maximum absolute atomic E-state index is 12.7. The van der Waals surface area contributed by atoms with Crippen molar-refractivity contribution in [3.63, 3.8) is 0 Å². The van der Waals surface area contributed by atoms with E-state index in [1.165, 1.54) is 6.07 Å². The zero-order valence-electron chi connectivity index (χ0n) is 15.7. The minimum Gasteiger partial charge on any atom is -0.486 e. The summed E-state index contributed by atoms with van der Waals surface area (Å²) in [6.07, 6.45) is -2.58. The average molecular weight is 428 g/mol. The Morgan fingerprint density at radius 1 is 1.03 bits per heavy atom. The van der Waals surface area contributed by atoms with E-state index in [0.29, 0.717) is 48.6 Å². The van der Waals surface area contributed by atoms with Gasteiger partial charge in [0, 0.05) is 38.9 Å². The van der Waals surface area contributed by atoms with E-state index in [4.69, 9.17) is 21.1 Å². The molecule has 1 fully saturated rings. The number of nitrogens with zero attached hydrogens (tertiary/aromatic N) is 3. The molecule has 29 heavy (non-hydrogen) atoms. The molecule has 0 unspecified atom stereocenters. The fourth-order valence-corrected chi connectivity index (χ4v) is 3.90. The van der Waals surface area contributed by atoms with Crippen molar-refractivity contribution in [2.45, 2.75) is 19.1 Å². The lowest BCUT2D eigenvalue weighted by Crippen LogP contribution is -2.31. The van der Waals surface area contributed by atoms with Crippen molar-refractivity contribution in [2.24, 2.45) is 0 Å². The van der Waals surface area contributed by atoms with Crippen LogP contribution in [-0.2, 0) is 12.7 Å². The Morgan fingerprint density at radius 3 is 2.62 bits per heavy atom. The third-order valence-electron chi connectivity index (χ3n) is 5.05. The molecule has 0 N–H and O–H groups in total. The van der Waals surface area contributed by atoms with Gasteiger partial charge in [-0.25, -0.2) is 4.98 Å². The Morgan fingerprint density at radius 2 is 1.86 bits per heavy atom. The first-order valence-electron chi connectivity index (χ1n) is 9.49. The summed E-state index contributed by atoms with van der Waals surface area (Å²) < 4.78 is 49.4. The van der Waals surface area contributed by atoms with Crippen LogP contribution >= 0.6 is 11.6 Å². The number of hydrogen-bond donors (Lipinski definition) is 0. The first kappa shape index (κ1) is 20.1. The summed E-state index contributed by atoms with van der Waals surface area (Å²) in [5.41, 5.74) is 0.313. The van der Waals surface area contributed by atoms with E-state index in [1.54, 1.807) is 0 Å². The maximum atomic E-state index is 12.7. The number of anilines is 1. The summed E-state index contributed by atoms with van der Waals surface area (Å²) in [5, 5.41) is 0.544. The minimum absolute atomic E-state index is 0.492. The van der Waals surface area contributed by atoms with E-state index < -0.39 is 11.7 Å². The van der Waals surface area contributed by atoms with Gasteiger partial charge in [-0.1, -0.05) is 11.6 Å².